The summed E-state index contributed by atoms with van der Waals surface area (Å²) >= 11 is 0. The number of aromatic nitrogens is 2. The highest BCUT2D eigenvalue weighted by Gasteiger charge is 2.23. The van der Waals surface area contributed by atoms with Crippen molar-refractivity contribution in [2.24, 2.45) is 0 Å². The van der Waals surface area contributed by atoms with E-state index in [2.05, 4.69) is 10.3 Å². The Balaban J connectivity index is 2.15. The molecule has 0 saturated heterocycles. The van der Waals surface area contributed by atoms with Gasteiger partial charge in [-0.25, -0.2) is 4.98 Å². The fourth-order valence-electron chi connectivity index (χ4n) is 2.11. The van der Waals surface area contributed by atoms with Crippen molar-refractivity contribution in [1.29, 1.82) is 0 Å². The van der Waals surface area contributed by atoms with Crippen LogP contribution in [0.25, 0.3) is 5.65 Å². The lowest BCUT2D eigenvalue weighted by Gasteiger charge is -2.25. The zero-order chi connectivity index (χ0) is 15.6. The van der Waals surface area contributed by atoms with Gasteiger partial charge in [0.25, 0.3) is 5.91 Å². The van der Waals surface area contributed by atoms with Crippen LogP contribution >= 0.6 is 0 Å². The van der Waals surface area contributed by atoms with Crippen LogP contribution in [-0.4, -0.2) is 31.9 Å². The van der Waals surface area contributed by atoms with Gasteiger partial charge in [-0.05, 0) is 39.3 Å². The van der Waals surface area contributed by atoms with Crippen LogP contribution in [0.1, 0.15) is 42.9 Å². The monoisotopic (exact) mass is 289 g/mol. The quantitative estimate of drug-likeness (QED) is 0.882. The van der Waals surface area contributed by atoms with Gasteiger partial charge in [0.05, 0.1) is 0 Å². The van der Waals surface area contributed by atoms with Crippen LogP contribution in [0.5, 0.6) is 0 Å². The van der Waals surface area contributed by atoms with E-state index in [9.17, 15) is 9.59 Å². The van der Waals surface area contributed by atoms with Crippen LogP contribution in [0.4, 0.5) is 0 Å². The van der Waals surface area contributed by atoms with Crippen LogP contribution in [-0.2, 0) is 4.79 Å². The maximum absolute atomic E-state index is 12.3. The van der Waals surface area contributed by atoms with Gasteiger partial charge >= 0.3 is 5.97 Å². The Kier molecular flexibility index (Phi) is 3.97. The SMILES string of the molecule is Cc1cccc2nc(C(=O)NC(C)(C)CCC(=O)O)cn12. The molecule has 0 saturated carbocycles. The number of carbonyl (C=O) groups is 2. The first-order valence-corrected chi connectivity index (χ1v) is 6.77. The molecule has 0 aliphatic heterocycles. The molecule has 2 aromatic rings. The third-order valence-electron chi connectivity index (χ3n) is 3.34. The molecule has 0 bridgehead atoms. The van der Waals surface area contributed by atoms with E-state index in [-0.39, 0.29) is 12.3 Å². The van der Waals surface area contributed by atoms with E-state index in [0.717, 1.165) is 5.69 Å². The second-order valence-electron chi connectivity index (χ2n) is 5.75. The van der Waals surface area contributed by atoms with E-state index < -0.39 is 11.5 Å². The summed E-state index contributed by atoms with van der Waals surface area (Å²) in [5.41, 5.74) is 1.43. The van der Waals surface area contributed by atoms with E-state index >= 15 is 0 Å². The molecule has 0 aliphatic rings. The van der Waals surface area contributed by atoms with Crippen molar-refractivity contribution in [2.45, 2.75) is 39.2 Å². The van der Waals surface area contributed by atoms with E-state index in [1.165, 1.54) is 0 Å². The molecule has 21 heavy (non-hydrogen) atoms. The van der Waals surface area contributed by atoms with E-state index in [0.29, 0.717) is 17.8 Å². The standard InChI is InChI=1S/C15H19N3O3/c1-10-5-4-6-12-16-11(9-18(10)12)14(21)17-15(2,3)8-7-13(19)20/h4-6,9H,7-8H2,1-3H3,(H,17,21)(H,19,20). The smallest absolute Gasteiger partial charge is 0.303 e. The number of hydrogen-bond acceptors (Lipinski definition) is 3. The predicted molar refractivity (Wildman–Crippen MR) is 78.3 cm³/mol. The Morgan fingerprint density at radius 1 is 1.38 bits per heavy atom. The van der Waals surface area contributed by atoms with Crippen molar-refractivity contribution in [1.82, 2.24) is 14.7 Å². The molecule has 0 spiro atoms. The number of nitrogens with one attached hydrogen (secondary N) is 1. The van der Waals surface area contributed by atoms with Crippen LogP contribution in [0.2, 0.25) is 0 Å². The summed E-state index contributed by atoms with van der Waals surface area (Å²) in [7, 11) is 0. The highest BCUT2D eigenvalue weighted by Crippen LogP contribution is 2.14. The van der Waals surface area contributed by atoms with Gasteiger partial charge in [-0.1, -0.05) is 6.07 Å². The van der Waals surface area contributed by atoms with Gasteiger partial charge < -0.3 is 14.8 Å². The molecule has 2 heterocycles. The minimum Gasteiger partial charge on any atom is -0.481 e. The van der Waals surface area contributed by atoms with Crippen LogP contribution in [0.15, 0.2) is 24.4 Å². The Morgan fingerprint density at radius 3 is 2.71 bits per heavy atom. The van der Waals surface area contributed by atoms with Crippen molar-refractivity contribution in [3.8, 4) is 0 Å². The number of carbonyl (C=O) groups excluding carboxylic acids is 1. The summed E-state index contributed by atoms with van der Waals surface area (Å²) in [6.07, 6.45) is 2.06. The second-order valence-corrected chi connectivity index (χ2v) is 5.75. The molecule has 0 unspecified atom stereocenters. The number of carboxylic acids is 1. The number of aryl methyl sites for hydroxylation is 1. The first kappa shape index (κ1) is 15.0. The second kappa shape index (κ2) is 5.55. The number of imidazole rings is 1. The van der Waals surface area contributed by atoms with Gasteiger partial charge in [0.1, 0.15) is 11.3 Å². The van der Waals surface area contributed by atoms with Crippen LogP contribution < -0.4 is 5.32 Å². The zero-order valence-electron chi connectivity index (χ0n) is 12.4. The summed E-state index contributed by atoms with van der Waals surface area (Å²) < 4.78 is 1.85. The average molecular weight is 289 g/mol. The molecular weight excluding hydrogens is 270 g/mol. The molecule has 112 valence electrons. The fourth-order valence-corrected chi connectivity index (χ4v) is 2.11. The number of carboxylic acid groups (broad SMARTS) is 1. The topological polar surface area (TPSA) is 83.7 Å². The fraction of sp³-hybridized carbons (Fsp3) is 0.400. The lowest BCUT2D eigenvalue weighted by molar-refractivity contribution is -0.137. The average Bonchev–Trinajstić information content (AvgIpc) is 2.82. The summed E-state index contributed by atoms with van der Waals surface area (Å²) in [5.74, 6) is -1.17. The Labute approximate surface area is 122 Å². The van der Waals surface area contributed by atoms with E-state index in [1.54, 1.807) is 20.0 Å². The van der Waals surface area contributed by atoms with E-state index in [1.807, 2.05) is 29.5 Å². The number of fused-ring (bicyclic) bond motifs is 1. The Morgan fingerprint density at radius 2 is 2.10 bits per heavy atom. The molecule has 0 aliphatic carbocycles. The Bertz CT molecular complexity index is 689. The van der Waals surface area contributed by atoms with Gasteiger partial charge in [0.2, 0.25) is 0 Å². The summed E-state index contributed by atoms with van der Waals surface area (Å²) in [5, 5.41) is 11.6. The molecule has 6 nitrogen and oxygen atoms in total. The molecule has 2 N–H and O–H groups in total. The highest BCUT2D eigenvalue weighted by molar-refractivity contribution is 5.93. The summed E-state index contributed by atoms with van der Waals surface area (Å²) in [6, 6.07) is 5.66. The summed E-state index contributed by atoms with van der Waals surface area (Å²) in [4.78, 5) is 27.2. The van der Waals surface area contributed by atoms with Crippen molar-refractivity contribution in [2.75, 3.05) is 0 Å². The third-order valence-corrected chi connectivity index (χ3v) is 3.34. The van der Waals surface area contributed by atoms with Crippen molar-refractivity contribution in [3.05, 3.63) is 35.8 Å². The molecule has 0 fully saturated rings. The number of hydrogen-bond donors (Lipinski definition) is 2. The van der Waals surface area contributed by atoms with Crippen LogP contribution in [0.3, 0.4) is 0 Å². The minimum absolute atomic E-state index is 0.0115. The number of pyridine rings is 1. The minimum atomic E-state index is -0.874. The highest BCUT2D eigenvalue weighted by atomic mass is 16.4. The molecular formula is C15H19N3O3. The van der Waals surface area contributed by atoms with E-state index in [4.69, 9.17) is 5.11 Å². The Hall–Kier alpha value is -2.37. The molecule has 2 aromatic heterocycles. The first-order chi connectivity index (χ1) is 9.78. The number of nitrogens with zero attached hydrogens (tertiary/aromatic N) is 2. The molecule has 0 aromatic carbocycles. The van der Waals surface area contributed by atoms with Gasteiger partial charge in [-0.3, -0.25) is 9.59 Å². The number of amides is 1. The lowest BCUT2D eigenvalue weighted by Crippen LogP contribution is -2.43. The third kappa shape index (κ3) is 3.59. The number of aliphatic carboxylic acids is 1. The normalized spacial score (nSPS) is 11.6. The van der Waals surface area contributed by atoms with Crippen molar-refractivity contribution in [3.63, 3.8) is 0 Å². The first-order valence-electron chi connectivity index (χ1n) is 6.77. The molecule has 0 atom stereocenters. The van der Waals surface area contributed by atoms with Crippen LogP contribution in [0, 0.1) is 6.92 Å². The molecule has 6 heteroatoms. The molecule has 1 amide bonds. The van der Waals surface area contributed by atoms with Gasteiger partial charge in [0, 0.05) is 23.9 Å². The summed E-state index contributed by atoms with van der Waals surface area (Å²) in [6.45, 7) is 5.54. The maximum Gasteiger partial charge on any atom is 0.303 e. The van der Waals surface area contributed by atoms with Crippen molar-refractivity contribution < 1.29 is 14.7 Å². The van der Waals surface area contributed by atoms with Gasteiger partial charge in [-0.2, -0.15) is 0 Å². The molecule has 0 radical (unpaired) electrons. The number of rotatable bonds is 5. The largest absolute Gasteiger partial charge is 0.481 e. The predicted octanol–water partition coefficient (Wildman–Crippen LogP) is 2.02. The zero-order valence-corrected chi connectivity index (χ0v) is 12.4. The van der Waals surface area contributed by atoms with Gasteiger partial charge in [0.15, 0.2) is 0 Å². The van der Waals surface area contributed by atoms with Crippen molar-refractivity contribution >= 4 is 17.5 Å². The molecule has 2 rings (SSSR count). The van der Waals surface area contributed by atoms with Gasteiger partial charge in [-0.15, -0.1) is 0 Å². The lowest BCUT2D eigenvalue weighted by atomic mass is 9.98. The maximum atomic E-state index is 12.3.